The summed E-state index contributed by atoms with van der Waals surface area (Å²) in [7, 11) is 1.57. The zero-order valence-corrected chi connectivity index (χ0v) is 10.8. The molecule has 0 spiro atoms. The van der Waals surface area contributed by atoms with Crippen molar-refractivity contribution in [3.63, 3.8) is 0 Å². The van der Waals surface area contributed by atoms with Gasteiger partial charge < -0.3 is 9.47 Å². The van der Waals surface area contributed by atoms with E-state index in [9.17, 15) is 0 Å². The number of benzene rings is 1. The Bertz CT molecular complexity index is 591. The van der Waals surface area contributed by atoms with Gasteiger partial charge in [0, 0.05) is 18.5 Å². The van der Waals surface area contributed by atoms with Gasteiger partial charge in [-0.2, -0.15) is 5.26 Å². The molecule has 0 N–H and O–H groups in total. The van der Waals surface area contributed by atoms with Crippen LogP contribution in [0.25, 0.3) is 0 Å². The SMILES string of the molecule is COc1ccc(C#N)cc1OC(C)c1ccncc1. The molecule has 4 heteroatoms. The van der Waals surface area contributed by atoms with Crippen LogP contribution in [-0.4, -0.2) is 12.1 Å². The van der Waals surface area contributed by atoms with E-state index in [1.54, 1.807) is 37.7 Å². The molecule has 1 heterocycles. The van der Waals surface area contributed by atoms with E-state index in [1.165, 1.54) is 0 Å². The van der Waals surface area contributed by atoms with Gasteiger partial charge in [0.2, 0.25) is 0 Å². The lowest BCUT2D eigenvalue weighted by molar-refractivity contribution is 0.216. The minimum atomic E-state index is -0.147. The van der Waals surface area contributed by atoms with Crippen LogP contribution in [0.4, 0.5) is 0 Å². The molecule has 0 fully saturated rings. The standard InChI is InChI=1S/C15H14N2O2/c1-11(13-5-7-17-8-6-13)19-15-9-12(10-16)3-4-14(15)18-2/h3-9,11H,1-2H3. The predicted octanol–water partition coefficient (Wildman–Crippen LogP) is 3.10. The molecule has 0 aliphatic heterocycles. The zero-order valence-electron chi connectivity index (χ0n) is 10.8. The summed E-state index contributed by atoms with van der Waals surface area (Å²) < 4.78 is 11.1. The number of rotatable bonds is 4. The van der Waals surface area contributed by atoms with Crippen LogP contribution in [-0.2, 0) is 0 Å². The first kappa shape index (κ1) is 12.9. The fraction of sp³-hybridized carbons (Fsp3) is 0.200. The number of methoxy groups -OCH3 is 1. The number of nitriles is 1. The van der Waals surface area contributed by atoms with Crippen LogP contribution < -0.4 is 9.47 Å². The molecule has 0 saturated heterocycles. The molecule has 0 bridgehead atoms. The second kappa shape index (κ2) is 5.87. The summed E-state index contributed by atoms with van der Waals surface area (Å²) in [4.78, 5) is 3.97. The minimum absolute atomic E-state index is 0.147. The highest BCUT2D eigenvalue weighted by Crippen LogP contribution is 2.31. The van der Waals surface area contributed by atoms with Crippen LogP contribution in [0.1, 0.15) is 24.2 Å². The van der Waals surface area contributed by atoms with Crippen LogP contribution in [0.15, 0.2) is 42.7 Å². The van der Waals surface area contributed by atoms with Crippen LogP contribution in [0.5, 0.6) is 11.5 Å². The normalized spacial score (nSPS) is 11.4. The topological polar surface area (TPSA) is 55.1 Å². The van der Waals surface area contributed by atoms with E-state index in [0.717, 1.165) is 5.56 Å². The summed E-state index contributed by atoms with van der Waals surface area (Å²) >= 11 is 0. The third-order valence-corrected chi connectivity index (χ3v) is 2.77. The van der Waals surface area contributed by atoms with E-state index in [4.69, 9.17) is 14.7 Å². The number of hydrogen-bond donors (Lipinski definition) is 0. The van der Waals surface area contributed by atoms with Crippen molar-refractivity contribution in [2.45, 2.75) is 13.0 Å². The molecular formula is C15H14N2O2. The van der Waals surface area contributed by atoms with Crippen molar-refractivity contribution in [3.8, 4) is 17.6 Å². The minimum Gasteiger partial charge on any atom is -0.493 e. The van der Waals surface area contributed by atoms with Gasteiger partial charge in [-0.1, -0.05) is 0 Å². The third kappa shape index (κ3) is 3.02. The van der Waals surface area contributed by atoms with Crippen molar-refractivity contribution >= 4 is 0 Å². The quantitative estimate of drug-likeness (QED) is 0.841. The second-order valence-electron chi connectivity index (χ2n) is 4.02. The monoisotopic (exact) mass is 254 g/mol. The van der Waals surface area contributed by atoms with E-state index in [1.807, 2.05) is 19.1 Å². The van der Waals surface area contributed by atoms with Gasteiger partial charge in [0.25, 0.3) is 0 Å². The van der Waals surface area contributed by atoms with Gasteiger partial charge in [-0.25, -0.2) is 0 Å². The van der Waals surface area contributed by atoms with Crippen LogP contribution in [0.2, 0.25) is 0 Å². The van der Waals surface area contributed by atoms with Gasteiger partial charge in [0.05, 0.1) is 18.7 Å². The molecule has 0 aliphatic rings. The molecule has 1 unspecified atom stereocenters. The van der Waals surface area contributed by atoms with Gasteiger partial charge >= 0.3 is 0 Å². The Morgan fingerprint density at radius 3 is 2.53 bits per heavy atom. The molecule has 2 aromatic rings. The molecule has 0 amide bonds. The Morgan fingerprint density at radius 2 is 1.89 bits per heavy atom. The molecule has 96 valence electrons. The van der Waals surface area contributed by atoms with Gasteiger partial charge in [-0.3, -0.25) is 4.98 Å². The zero-order chi connectivity index (χ0) is 13.7. The molecule has 1 atom stereocenters. The molecular weight excluding hydrogens is 240 g/mol. The maximum absolute atomic E-state index is 8.92. The maximum Gasteiger partial charge on any atom is 0.163 e. The van der Waals surface area contributed by atoms with Gasteiger partial charge in [0.15, 0.2) is 11.5 Å². The van der Waals surface area contributed by atoms with Crippen molar-refractivity contribution in [1.82, 2.24) is 4.98 Å². The average molecular weight is 254 g/mol. The number of nitrogens with zero attached hydrogens (tertiary/aromatic N) is 2. The highest BCUT2D eigenvalue weighted by Gasteiger charge is 2.11. The van der Waals surface area contributed by atoms with E-state index < -0.39 is 0 Å². The molecule has 2 rings (SSSR count). The predicted molar refractivity (Wildman–Crippen MR) is 71.0 cm³/mol. The number of aromatic nitrogens is 1. The van der Waals surface area contributed by atoms with E-state index >= 15 is 0 Å². The summed E-state index contributed by atoms with van der Waals surface area (Å²) in [6.45, 7) is 1.94. The summed E-state index contributed by atoms with van der Waals surface area (Å²) in [6.07, 6.45) is 3.29. The third-order valence-electron chi connectivity index (χ3n) is 2.77. The van der Waals surface area contributed by atoms with Crippen LogP contribution >= 0.6 is 0 Å². The Balaban J connectivity index is 2.25. The Kier molecular flexibility index (Phi) is 3.99. The highest BCUT2D eigenvalue weighted by molar-refractivity contribution is 5.47. The number of hydrogen-bond acceptors (Lipinski definition) is 4. The molecule has 1 aromatic heterocycles. The van der Waals surface area contributed by atoms with Crippen LogP contribution in [0, 0.1) is 11.3 Å². The Morgan fingerprint density at radius 1 is 1.16 bits per heavy atom. The van der Waals surface area contributed by atoms with E-state index in [2.05, 4.69) is 11.1 Å². The number of pyridine rings is 1. The molecule has 1 aromatic carbocycles. The van der Waals surface area contributed by atoms with Crippen LogP contribution in [0.3, 0.4) is 0 Å². The lowest BCUT2D eigenvalue weighted by Gasteiger charge is -2.17. The fourth-order valence-electron chi connectivity index (χ4n) is 1.73. The van der Waals surface area contributed by atoms with E-state index in [-0.39, 0.29) is 6.10 Å². The largest absolute Gasteiger partial charge is 0.493 e. The summed E-state index contributed by atoms with van der Waals surface area (Å²) in [5.74, 6) is 1.17. The van der Waals surface area contributed by atoms with Gasteiger partial charge in [-0.15, -0.1) is 0 Å². The molecule has 4 nitrogen and oxygen atoms in total. The second-order valence-corrected chi connectivity index (χ2v) is 4.02. The summed E-state index contributed by atoms with van der Waals surface area (Å²) in [5.41, 5.74) is 1.55. The number of ether oxygens (including phenoxy) is 2. The molecule has 19 heavy (non-hydrogen) atoms. The molecule has 0 radical (unpaired) electrons. The maximum atomic E-state index is 8.92. The Labute approximate surface area is 112 Å². The van der Waals surface area contributed by atoms with E-state index in [0.29, 0.717) is 17.1 Å². The van der Waals surface area contributed by atoms with Crippen molar-refractivity contribution < 1.29 is 9.47 Å². The average Bonchev–Trinajstić information content (AvgIpc) is 2.48. The van der Waals surface area contributed by atoms with Crippen molar-refractivity contribution in [1.29, 1.82) is 5.26 Å². The Hall–Kier alpha value is -2.54. The van der Waals surface area contributed by atoms with Crippen molar-refractivity contribution in [2.75, 3.05) is 7.11 Å². The summed E-state index contributed by atoms with van der Waals surface area (Å²) in [6, 6.07) is 11.0. The van der Waals surface area contributed by atoms with Gasteiger partial charge in [-0.05, 0) is 36.8 Å². The van der Waals surface area contributed by atoms with Gasteiger partial charge in [0.1, 0.15) is 6.10 Å². The fourth-order valence-corrected chi connectivity index (χ4v) is 1.73. The van der Waals surface area contributed by atoms with Crippen molar-refractivity contribution in [2.24, 2.45) is 0 Å². The summed E-state index contributed by atoms with van der Waals surface area (Å²) in [5, 5.41) is 8.92. The first-order valence-corrected chi connectivity index (χ1v) is 5.89. The lowest BCUT2D eigenvalue weighted by Crippen LogP contribution is -2.04. The molecule has 0 aliphatic carbocycles. The first-order chi connectivity index (χ1) is 9.24. The highest BCUT2D eigenvalue weighted by atomic mass is 16.5. The van der Waals surface area contributed by atoms with Crippen molar-refractivity contribution in [3.05, 3.63) is 53.9 Å². The lowest BCUT2D eigenvalue weighted by atomic mass is 10.1. The first-order valence-electron chi connectivity index (χ1n) is 5.89. The smallest absolute Gasteiger partial charge is 0.163 e. The molecule has 0 saturated carbocycles.